The topological polar surface area (TPSA) is 80.8 Å². The molecule has 0 unspecified atom stereocenters. The smallest absolute Gasteiger partial charge is 0.299 e. The van der Waals surface area contributed by atoms with Crippen molar-refractivity contribution in [3.05, 3.63) is 72.9 Å². The third-order valence-electron chi connectivity index (χ3n) is 3.53. The van der Waals surface area contributed by atoms with Gasteiger partial charge in [-0.25, -0.2) is 9.67 Å². The Bertz CT molecular complexity index is 962. The number of para-hydroxylation sites is 1. The molecule has 25 heavy (non-hydrogen) atoms. The van der Waals surface area contributed by atoms with Gasteiger partial charge in [0.2, 0.25) is 5.95 Å². The fourth-order valence-electron chi connectivity index (χ4n) is 2.49. The third kappa shape index (κ3) is 3.50. The van der Waals surface area contributed by atoms with Gasteiger partial charge in [-0.3, -0.25) is 0 Å². The van der Waals surface area contributed by atoms with E-state index in [2.05, 4.69) is 25.7 Å². The standard InChI is InChI=1S/C18H16N6O/c1-13-9-14(11-15(10-13)22-18-19-7-8-25-18)21-17-20-12-24(23-17)16-5-3-2-4-6-16/h2-12H,1H3,(H,19,22)(H,21,23). The average molecular weight is 332 g/mol. The van der Waals surface area contributed by atoms with Gasteiger partial charge in [-0.1, -0.05) is 18.2 Å². The van der Waals surface area contributed by atoms with E-state index in [0.29, 0.717) is 12.0 Å². The SMILES string of the molecule is Cc1cc(Nc2ncn(-c3ccccc3)n2)cc(Nc2ncco2)c1. The highest BCUT2D eigenvalue weighted by molar-refractivity contribution is 5.65. The summed E-state index contributed by atoms with van der Waals surface area (Å²) in [5.74, 6) is 0.525. The molecule has 0 amide bonds. The molecule has 0 fully saturated rings. The molecule has 7 heteroatoms. The molecule has 124 valence electrons. The first-order valence-corrected chi connectivity index (χ1v) is 7.78. The first-order chi connectivity index (χ1) is 12.3. The molecule has 2 aromatic heterocycles. The predicted molar refractivity (Wildman–Crippen MR) is 95.6 cm³/mol. The highest BCUT2D eigenvalue weighted by atomic mass is 16.4. The maximum absolute atomic E-state index is 5.22. The van der Waals surface area contributed by atoms with Crippen LogP contribution in [-0.4, -0.2) is 19.7 Å². The summed E-state index contributed by atoms with van der Waals surface area (Å²) in [6, 6.07) is 16.3. The molecular formula is C18H16N6O. The summed E-state index contributed by atoms with van der Waals surface area (Å²) in [6.45, 7) is 2.02. The van der Waals surface area contributed by atoms with Crippen LogP contribution in [0.3, 0.4) is 0 Å². The van der Waals surface area contributed by atoms with Crippen LogP contribution >= 0.6 is 0 Å². The number of anilines is 4. The minimum Gasteiger partial charge on any atom is -0.432 e. The molecule has 2 N–H and O–H groups in total. The van der Waals surface area contributed by atoms with Gasteiger partial charge in [-0.05, 0) is 42.8 Å². The Kier molecular flexibility index (Phi) is 3.88. The van der Waals surface area contributed by atoms with Crippen LogP contribution in [0, 0.1) is 6.92 Å². The molecule has 0 aliphatic heterocycles. The molecule has 4 rings (SSSR count). The van der Waals surface area contributed by atoms with E-state index in [1.165, 1.54) is 6.26 Å². The number of hydrogen-bond acceptors (Lipinski definition) is 6. The van der Waals surface area contributed by atoms with Crippen LogP contribution in [0.2, 0.25) is 0 Å². The van der Waals surface area contributed by atoms with Gasteiger partial charge in [0.05, 0.1) is 11.9 Å². The Balaban J connectivity index is 1.54. The maximum Gasteiger partial charge on any atom is 0.299 e. The second kappa shape index (κ2) is 6.48. The van der Waals surface area contributed by atoms with Crippen molar-refractivity contribution in [3.8, 4) is 5.69 Å². The van der Waals surface area contributed by atoms with Gasteiger partial charge in [0.15, 0.2) is 0 Å². The summed E-state index contributed by atoms with van der Waals surface area (Å²) in [5, 5.41) is 10.8. The zero-order valence-corrected chi connectivity index (χ0v) is 13.5. The molecule has 2 heterocycles. The summed E-state index contributed by atoms with van der Waals surface area (Å²) in [7, 11) is 0. The Morgan fingerprint density at radius 2 is 1.76 bits per heavy atom. The van der Waals surface area contributed by atoms with Crippen LogP contribution in [0.15, 0.2) is 71.7 Å². The minimum absolute atomic E-state index is 0.447. The normalized spacial score (nSPS) is 10.6. The lowest BCUT2D eigenvalue weighted by molar-refractivity contribution is 0.578. The lowest BCUT2D eigenvalue weighted by atomic mass is 10.2. The molecular weight excluding hydrogens is 316 g/mol. The average Bonchev–Trinajstić information content (AvgIpc) is 3.27. The number of aromatic nitrogens is 4. The van der Waals surface area contributed by atoms with Gasteiger partial charge in [-0.2, -0.15) is 4.98 Å². The molecule has 0 saturated carbocycles. The van der Waals surface area contributed by atoms with Crippen molar-refractivity contribution in [3.63, 3.8) is 0 Å². The van der Waals surface area contributed by atoms with Crippen molar-refractivity contribution in [2.24, 2.45) is 0 Å². The molecule has 0 radical (unpaired) electrons. The molecule has 7 nitrogen and oxygen atoms in total. The molecule has 2 aromatic carbocycles. The number of nitrogens with zero attached hydrogens (tertiary/aromatic N) is 4. The Morgan fingerprint density at radius 3 is 2.52 bits per heavy atom. The van der Waals surface area contributed by atoms with Crippen molar-refractivity contribution in [2.45, 2.75) is 6.92 Å². The molecule has 0 aliphatic carbocycles. The van der Waals surface area contributed by atoms with E-state index < -0.39 is 0 Å². The Hall–Kier alpha value is -3.61. The van der Waals surface area contributed by atoms with Gasteiger partial charge in [0, 0.05) is 11.4 Å². The highest BCUT2D eigenvalue weighted by Crippen LogP contribution is 2.23. The zero-order valence-electron chi connectivity index (χ0n) is 13.5. The van der Waals surface area contributed by atoms with Crippen molar-refractivity contribution < 1.29 is 4.42 Å². The number of benzene rings is 2. The largest absolute Gasteiger partial charge is 0.432 e. The second-order valence-electron chi connectivity index (χ2n) is 5.52. The van der Waals surface area contributed by atoms with Gasteiger partial charge < -0.3 is 15.1 Å². The minimum atomic E-state index is 0.447. The van der Waals surface area contributed by atoms with E-state index in [-0.39, 0.29) is 0 Å². The van der Waals surface area contributed by atoms with Crippen LogP contribution < -0.4 is 10.6 Å². The maximum atomic E-state index is 5.22. The monoisotopic (exact) mass is 332 g/mol. The molecule has 0 saturated heterocycles. The van der Waals surface area contributed by atoms with E-state index >= 15 is 0 Å². The van der Waals surface area contributed by atoms with E-state index in [9.17, 15) is 0 Å². The van der Waals surface area contributed by atoms with Crippen molar-refractivity contribution in [2.75, 3.05) is 10.6 Å². The summed E-state index contributed by atoms with van der Waals surface area (Å²) in [5.41, 5.74) is 3.78. The van der Waals surface area contributed by atoms with Crippen molar-refractivity contribution in [1.82, 2.24) is 19.7 Å². The summed E-state index contributed by atoms with van der Waals surface area (Å²) >= 11 is 0. The van der Waals surface area contributed by atoms with Crippen LogP contribution in [0.25, 0.3) is 5.69 Å². The fourth-order valence-corrected chi connectivity index (χ4v) is 2.49. The lowest BCUT2D eigenvalue weighted by Crippen LogP contribution is -1.98. The van der Waals surface area contributed by atoms with Crippen molar-refractivity contribution in [1.29, 1.82) is 0 Å². The van der Waals surface area contributed by atoms with Gasteiger partial charge in [-0.15, -0.1) is 5.10 Å². The highest BCUT2D eigenvalue weighted by Gasteiger charge is 2.06. The van der Waals surface area contributed by atoms with E-state index in [0.717, 1.165) is 22.6 Å². The number of nitrogens with one attached hydrogen (secondary N) is 2. The molecule has 0 spiro atoms. The van der Waals surface area contributed by atoms with E-state index in [1.807, 2.05) is 55.5 Å². The van der Waals surface area contributed by atoms with Gasteiger partial charge in [0.25, 0.3) is 6.01 Å². The molecule has 4 aromatic rings. The first-order valence-electron chi connectivity index (χ1n) is 7.78. The van der Waals surface area contributed by atoms with Gasteiger partial charge >= 0.3 is 0 Å². The quantitative estimate of drug-likeness (QED) is 0.574. The summed E-state index contributed by atoms with van der Waals surface area (Å²) in [4.78, 5) is 8.38. The van der Waals surface area contributed by atoms with E-state index in [1.54, 1.807) is 17.2 Å². The number of aryl methyl sites for hydroxylation is 1. The third-order valence-corrected chi connectivity index (χ3v) is 3.53. The molecule has 0 aliphatic rings. The molecule has 0 atom stereocenters. The number of hydrogen-bond donors (Lipinski definition) is 2. The van der Waals surface area contributed by atoms with Crippen LogP contribution in [0.4, 0.5) is 23.3 Å². The number of oxazole rings is 1. The van der Waals surface area contributed by atoms with Crippen molar-refractivity contribution >= 4 is 23.3 Å². The number of rotatable bonds is 5. The zero-order chi connectivity index (χ0) is 17.1. The van der Waals surface area contributed by atoms with Crippen LogP contribution in [0.1, 0.15) is 5.56 Å². The van der Waals surface area contributed by atoms with Crippen LogP contribution in [0.5, 0.6) is 0 Å². The second-order valence-corrected chi connectivity index (χ2v) is 5.52. The van der Waals surface area contributed by atoms with Gasteiger partial charge in [0.1, 0.15) is 12.6 Å². The lowest BCUT2D eigenvalue weighted by Gasteiger charge is -2.08. The molecule has 0 bridgehead atoms. The first kappa shape index (κ1) is 14.9. The van der Waals surface area contributed by atoms with Crippen LogP contribution in [-0.2, 0) is 0 Å². The Morgan fingerprint density at radius 1 is 0.960 bits per heavy atom. The predicted octanol–water partition coefficient (Wildman–Crippen LogP) is 4.05. The van der Waals surface area contributed by atoms with E-state index in [4.69, 9.17) is 4.42 Å². The summed E-state index contributed by atoms with van der Waals surface area (Å²) in [6.07, 6.45) is 4.80. The Labute approximate surface area is 144 Å². The summed E-state index contributed by atoms with van der Waals surface area (Å²) < 4.78 is 6.94. The fraction of sp³-hybridized carbons (Fsp3) is 0.0556.